The maximum absolute atomic E-state index is 12.1. The zero-order valence-electron chi connectivity index (χ0n) is 17.2. The number of hydrogen-bond acceptors (Lipinski definition) is 5. The van der Waals surface area contributed by atoms with Gasteiger partial charge in [-0.2, -0.15) is 0 Å². The van der Waals surface area contributed by atoms with E-state index in [9.17, 15) is 4.79 Å². The maximum atomic E-state index is 12.1. The molecule has 0 aromatic heterocycles. The van der Waals surface area contributed by atoms with E-state index in [1.54, 1.807) is 31.3 Å². The number of anilines is 1. The number of nitrogens with zero attached hydrogens (tertiary/aromatic N) is 2. The molecule has 1 heterocycles. The summed E-state index contributed by atoms with van der Waals surface area (Å²) in [5.41, 5.74) is 6.26. The Morgan fingerprint density at radius 3 is 2.57 bits per heavy atom. The first-order chi connectivity index (χ1) is 12.7. The molecule has 1 unspecified atom stereocenters. The topological polar surface area (TPSA) is 98.4 Å². The van der Waals surface area contributed by atoms with Gasteiger partial charge in [-0.05, 0) is 45.2 Å². The van der Waals surface area contributed by atoms with Gasteiger partial charge in [-0.1, -0.05) is 0 Å². The second-order valence-electron chi connectivity index (χ2n) is 7.50. The number of hydrogen-bond donors (Lipinski definition) is 2. The van der Waals surface area contributed by atoms with Gasteiger partial charge >= 0.3 is 6.09 Å². The molecule has 3 N–H and O–H groups in total. The number of carbonyl (C=O) groups excluding carboxylic acids is 1. The summed E-state index contributed by atoms with van der Waals surface area (Å²) in [4.78, 5) is 18.2. The van der Waals surface area contributed by atoms with E-state index in [0.717, 1.165) is 12.1 Å². The van der Waals surface area contributed by atoms with Crippen molar-refractivity contribution in [3.8, 4) is 11.5 Å². The van der Waals surface area contributed by atoms with Crippen LogP contribution in [0.2, 0.25) is 0 Å². The number of amides is 1. The fourth-order valence-electron chi connectivity index (χ4n) is 2.80. The molecule has 158 valence electrons. The Morgan fingerprint density at radius 1 is 1.29 bits per heavy atom. The van der Waals surface area contributed by atoms with E-state index >= 15 is 0 Å². The first-order valence-electron chi connectivity index (χ1n) is 8.98. The van der Waals surface area contributed by atoms with Crippen LogP contribution in [0.1, 0.15) is 27.2 Å². The molecule has 1 amide bonds. The summed E-state index contributed by atoms with van der Waals surface area (Å²) < 4.78 is 15.9. The summed E-state index contributed by atoms with van der Waals surface area (Å²) in [5, 5.41) is 3.04. The van der Waals surface area contributed by atoms with Gasteiger partial charge in [0.25, 0.3) is 0 Å². The van der Waals surface area contributed by atoms with Crippen molar-refractivity contribution < 1.29 is 19.0 Å². The molecule has 1 fully saturated rings. The van der Waals surface area contributed by atoms with Gasteiger partial charge in [-0.15, -0.1) is 24.0 Å². The molecule has 28 heavy (non-hydrogen) atoms. The van der Waals surface area contributed by atoms with Gasteiger partial charge in [0.2, 0.25) is 0 Å². The van der Waals surface area contributed by atoms with Gasteiger partial charge in [0.1, 0.15) is 5.60 Å². The largest absolute Gasteiger partial charge is 0.493 e. The third-order valence-electron chi connectivity index (χ3n) is 4.11. The molecule has 0 bridgehead atoms. The smallest absolute Gasteiger partial charge is 0.410 e. The first kappa shape index (κ1) is 24.1. The Labute approximate surface area is 183 Å². The molecule has 9 heteroatoms. The highest BCUT2D eigenvalue weighted by Crippen LogP contribution is 2.29. The standard InChI is InChI=1S/C19H30N4O4.HI/c1-19(2,3)27-18(24)23-9-8-13(12-23)11-21-17(20)22-14-6-7-15(25-4)16(10-14)26-5;/h6-7,10,13H,8-9,11-12H2,1-5H3,(H3,20,21,22);1H. The quantitative estimate of drug-likeness (QED) is 0.361. The number of likely N-dealkylation sites (tertiary alicyclic amines) is 1. The fourth-order valence-corrected chi connectivity index (χ4v) is 2.80. The first-order valence-corrected chi connectivity index (χ1v) is 8.98. The molecule has 1 aromatic carbocycles. The Bertz CT molecular complexity index is 691. The van der Waals surface area contributed by atoms with E-state index in [1.807, 2.05) is 26.8 Å². The number of benzene rings is 1. The molecule has 8 nitrogen and oxygen atoms in total. The Kier molecular flexibility index (Phi) is 9.12. The number of ether oxygens (including phenoxy) is 3. The second kappa shape index (κ2) is 10.6. The number of aliphatic imine (C=N–C) groups is 1. The van der Waals surface area contributed by atoms with Crippen molar-refractivity contribution in [3.05, 3.63) is 18.2 Å². The van der Waals surface area contributed by atoms with Crippen LogP contribution in [0.5, 0.6) is 11.5 Å². The SMILES string of the molecule is COc1ccc(NC(N)=NCC2CCN(C(=O)OC(C)(C)C)C2)cc1OC.I. The Morgan fingerprint density at radius 2 is 1.96 bits per heavy atom. The summed E-state index contributed by atoms with van der Waals surface area (Å²) in [6, 6.07) is 5.43. The van der Waals surface area contributed by atoms with E-state index in [2.05, 4.69) is 10.3 Å². The van der Waals surface area contributed by atoms with Crippen LogP contribution >= 0.6 is 24.0 Å². The number of methoxy groups -OCH3 is 2. The summed E-state index contributed by atoms with van der Waals surface area (Å²) in [6.07, 6.45) is 0.609. The van der Waals surface area contributed by atoms with E-state index in [0.29, 0.717) is 37.1 Å². The average Bonchev–Trinajstić information content (AvgIpc) is 3.07. The third-order valence-corrected chi connectivity index (χ3v) is 4.11. The number of guanidine groups is 1. The molecule has 0 radical (unpaired) electrons. The van der Waals surface area contributed by atoms with Crippen LogP contribution in [0.25, 0.3) is 0 Å². The Balaban J connectivity index is 0.00000392. The Hall–Kier alpha value is -1.91. The van der Waals surface area contributed by atoms with Gasteiger partial charge in [-0.25, -0.2) is 4.79 Å². The van der Waals surface area contributed by atoms with Crippen molar-refractivity contribution in [1.82, 2.24) is 4.90 Å². The summed E-state index contributed by atoms with van der Waals surface area (Å²) in [5.74, 6) is 1.84. The lowest BCUT2D eigenvalue weighted by Crippen LogP contribution is -2.35. The molecule has 0 spiro atoms. The van der Waals surface area contributed by atoms with Gasteiger partial charge in [0, 0.05) is 31.4 Å². The van der Waals surface area contributed by atoms with E-state index < -0.39 is 5.60 Å². The molecular formula is C19H31IN4O4. The average molecular weight is 506 g/mol. The van der Waals surface area contributed by atoms with Crippen molar-refractivity contribution in [2.24, 2.45) is 16.6 Å². The van der Waals surface area contributed by atoms with Crippen molar-refractivity contribution in [3.63, 3.8) is 0 Å². The molecule has 2 rings (SSSR count). The molecule has 0 aliphatic carbocycles. The molecular weight excluding hydrogens is 475 g/mol. The molecule has 1 aliphatic heterocycles. The van der Waals surface area contributed by atoms with Crippen LogP contribution in [0.15, 0.2) is 23.2 Å². The molecule has 1 aromatic rings. The zero-order valence-corrected chi connectivity index (χ0v) is 19.5. The minimum absolute atomic E-state index is 0. The van der Waals surface area contributed by atoms with Gasteiger partial charge in [0.05, 0.1) is 14.2 Å². The minimum atomic E-state index is -0.485. The minimum Gasteiger partial charge on any atom is -0.493 e. The highest BCUT2D eigenvalue weighted by atomic mass is 127. The summed E-state index contributed by atoms with van der Waals surface area (Å²) in [7, 11) is 3.17. The number of halogens is 1. The highest BCUT2D eigenvalue weighted by Gasteiger charge is 2.29. The van der Waals surface area contributed by atoms with Crippen LogP contribution in [-0.2, 0) is 4.74 Å². The molecule has 0 saturated carbocycles. The third kappa shape index (κ3) is 7.25. The highest BCUT2D eigenvalue weighted by molar-refractivity contribution is 14.0. The molecule has 1 atom stereocenters. The van der Waals surface area contributed by atoms with E-state index in [-0.39, 0.29) is 36.0 Å². The van der Waals surface area contributed by atoms with Crippen LogP contribution in [-0.4, -0.2) is 56.4 Å². The fraction of sp³-hybridized carbons (Fsp3) is 0.579. The number of rotatable bonds is 5. The lowest BCUT2D eigenvalue weighted by Gasteiger charge is -2.24. The normalized spacial score (nSPS) is 17.0. The number of nitrogens with two attached hydrogens (primary N) is 1. The van der Waals surface area contributed by atoms with E-state index in [4.69, 9.17) is 19.9 Å². The lowest BCUT2D eigenvalue weighted by atomic mass is 10.1. The second-order valence-corrected chi connectivity index (χ2v) is 7.50. The monoisotopic (exact) mass is 506 g/mol. The molecule has 1 aliphatic rings. The van der Waals surface area contributed by atoms with E-state index in [1.165, 1.54) is 0 Å². The predicted octanol–water partition coefficient (Wildman–Crippen LogP) is 3.31. The maximum Gasteiger partial charge on any atom is 0.410 e. The van der Waals surface area contributed by atoms with Gasteiger partial charge < -0.3 is 30.2 Å². The van der Waals surface area contributed by atoms with Crippen molar-refractivity contribution >= 4 is 41.7 Å². The van der Waals surface area contributed by atoms with Gasteiger partial charge in [-0.3, -0.25) is 4.99 Å². The summed E-state index contributed by atoms with van der Waals surface area (Å²) in [6.45, 7) is 7.45. The van der Waals surface area contributed by atoms with Crippen LogP contribution in [0, 0.1) is 5.92 Å². The number of nitrogens with one attached hydrogen (secondary N) is 1. The van der Waals surface area contributed by atoms with Crippen molar-refractivity contribution in [1.29, 1.82) is 0 Å². The van der Waals surface area contributed by atoms with Crippen molar-refractivity contribution in [2.75, 3.05) is 39.2 Å². The van der Waals surface area contributed by atoms with Crippen molar-refractivity contribution in [2.45, 2.75) is 32.8 Å². The lowest BCUT2D eigenvalue weighted by molar-refractivity contribution is 0.0289. The zero-order chi connectivity index (χ0) is 20.0. The summed E-state index contributed by atoms with van der Waals surface area (Å²) >= 11 is 0. The van der Waals surface area contributed by atoms with Crippen LogP contribution in [0.4, 0.5) is 10.5 Å². The molecule has 1 saturated heterocycles. The van der Waals surface area contributed by atoms with Crippen LogP contribution < -0.4 is 20.5 Å². The van der Waals surface area contributed by atoms with Crippen LogP contribution in [0.3, 0.4) is 0 Å². The number of carbonyl (C=O) groups is 1. The predicted molar refractivity (Wildman–Crippen MR) is 121 cm³/mol. The van der Waals surface area contributed by atoms with Gasteiger partial charge in [0.15, 0.2) is 17.5 Å².